The van der Waals surface area contributed by atoms with E-state index in [0.29, 0.717) is 9.13 Å². The second-order valence-electron chi connectivity index (χ2n) is 10.0. The highest BCUT2D eigenvalue weighted by Gasteiger charge is 2.49. The third-order valence-corrected chi connectivity index (χ3v) is 8.06. The van der Waals surface area contributed by atoms with Crippen molar-refractivity contribution in [3.8, 4) is 12.1 Å². The van der Waals surface area contributed by atoms with Gasteiger partial charge in [0.25, 0.3) is 11.8 Å². The summed E-state index contributed by atoms with van der Waals surface area (Å²) in [6, 6.07) is 15.6. The summed E-state index contributed by atoms with van der Waals surface area (Å²) in [5.74, 6) is -5.50. The van der Waals surface area contributed by atoms with Crippen LogP contribution in [0.3, 0.4) is 0 Å². The molecule has 0 aromatic heterocycles. The lowest BCUT2D eigenvalue weighted by molar-refractivity contribution is -0.133. The predicted octanol–water partition coefficient (Wildman–Crippen LogP) is 5.19. The molecule has 1 aliphatic carbocycles. The summed E-state index contributed by atoms with van der Waals surface area (Å²) in [5, 5.41) is 21.5. The average molecular weight is 699 g/mol. The Bertz CT molecular complexity index is 1700. The molecule has 9 nitrogen and oxygen atoms in total. The summed E-state index contributed by atoms with van der Waals surface area (Å²) < 4.78 is 47.8. The fourth-order valence-electron chi connectivity index (χ4n) is 5.09. The minimum Gasteiger partial charge on any atom is -0.446 e. The fourth-order valence-corrected chi connectivity index (χ4v) is 5.78. The third-order valence-electron chi connectivity index (χ3n) is 7.08. The molecule has 43 heavy (non-hydrogen) atoms. The second-order valence-corrected chi connectivity index (χ2v) is 11.2. The Morgan fingerprint density at radius 3 is 2.44 bits per heavy atom. The highest BCUT2D eigenvalue weighted by molar-refractivity contribution is 14.1. The first kappa shape index (κ1) is 29.8. The smallest absolute Gasteiger partial charge is 0.415 e. The van der Waals surface area contributed by atoms with Crippen molar-refractivity contribution >= 4 is 51.9 Å². The molecule has 1 heterocycles. The Hall–Kier alpha value is -4.63. The number of benzene rings is 3. The van der Waals surface area contributed by atoms with Gasteiger partial charge in [0.2, 0.25) is 5.91 Å². The summed E-state index contributed by atoms with van der Waals surface area (Å²) in [7, 11) is 0. The number of halogens is 4. The van der Waals surface area contributed by atoms with E-state index in [4.69, 9.17) is 4.74 Å². The van der Waals surface area contributed by atoms with Crippen molar-refractivity contribution in [1.29, 1.82) is 10.5 Å². The fraction of sp³-hybridized carbons (Fsp3) is 0.233. The van der Waals surface area contributed by atoms with Gasteiger partial charge >= 0.3 is 6.09 Å². The monoisotopic (exact) mass is 699 g/mol. The molecule has 1 saturated carbocycles. The van der Waals surface area contributed by atoms with Gasteiger partial charge in [-0.3, -0.25) is 19.4 Å². The number of cyclic esters (lactones) is 1. The van der Waals surface area contributed by atoms with Crippen LogP contribution >= 0.6 is 22.6 Å². The number of amides is 3. The first-order valence-corrected chi connectivity index (χ1v) is 14.0. The second kappa shape index (κ2) is 11.9. The molecule has 2 aliphatic rings. The van der Waals surface area contributed by atoms with Crippen LogP contribution in [0.2, 0.25) is 0 Å². The van der Waals surface area contributed by atoms with Gasteiger partial charge in [-0.15, -0.1) is 0 Å². The molecule has 2 atom stereocenters. The van der Waals surface area contributed by atoms with Gasteiger partial charge in [-0.05, 0) is 70.6 Å². The van der Waals surface area contributed by atoms with E-state index < -0.39 is 67.2 Å². The normalized spacial score (nSPS) is 18.0. The van der Waals surface area contributed by atoms with Gasteiger partial charge < -0.3 is 10.1 Å². The zero-order valence-electron chi connectivity index (χ0n) is 22.1. The highest BCUT2D eigenvalue weighted by Crippen LogP contribution is 2.39. The molecule has 1 saturated heterocycles. The zero-order valence-corrected chi connectivity index (χ0v) is 24.3. The molecule has 0 unspecified atom stereocenters. The molecule has 13 heteroatoms. The van der Waals surface area contributed by atoms with Crippen LogP contribution in [0.1, 0.15) is 35.6 Å². The number of nitrogens with one attached hydrogen (secondary N) is 1. The lowest BCUT2D eigenvalue weighted by atomic mass is 9.87. The van der Waals surface area contributed by atoms with Gasteiger partial charge in [0.15, 0.2) is 6.04 Å². The maximum absolute atomic E-state index is 14.8. The summed E-state index contributed by atoms with van der Waals surface area (Å²) in [5.41, 5.74) is 0.350. The number of rotatable bonds is 7. The quantitative estimate of drug-likeness (QED) is 0.339. The van der Waals surface area contributed by atoms with Gasteiger partial charge in [-0.25, -0.2) is 18.0 Å². The molecular formula is C30H21F3IN5O4. The van der Waals surface area contributed by atoms with Crippen molar-refractivity contribution in [2.24, 2.45) is 0 Å². The van der Waals surface area contributed by atoms with Crippen molar-refractivity contribution in [3.05, 3.63) is 92.8 Å². The number of carbonyl (C=O) groups is 3. The van der Waals surface area contributed by atoms with Crippen LogP contribution in [0.15, 0.2) is 66.7 Å². The van der Waals surface area contributed by atoms with Crippen molar-refractivity contribution in [1.82, 2.24) is 5.32 Å². The number of anilines is 2. The average Bonchev–Trinajstić information content (AvgIpc) is 3.35. The number of hydrogen-bond acceptors (Lipinski definition) is 6. The van der Waals surface area contributed by atoms with Crippen LogP contribution < -0.4 is 15.1 Å². The lowest BCUT2D eigenvalue weighted by Gasteiger charge is -2.39. The number of ether oxygens (including phenoxy) is 1. The Kier molecular flexibility index (Phi) is 8.28. The van der Waals surface area contributed by atoms with Crippen LogP contribution in [0.25, 0.3) is 0 Å². The summed E-state index contributed by atoms with van der Waals surface area (Å²) in [4.78, 5) is 43.3. The molecule has 0 spiro atoms. The van der Waals surface area contributed by atoms with E-state index in [2.05, 4.69) is 5.32 Å². The van der Waals surface area contributed by atoms with Gasteiger partial charge in [0, 0.05) is 33.8 Å². The van der Waals surface area contributed by atoms with Crippen LogP contribution in [0, 0.1) is 32.0 Å². The molecular weight excluding hydrogens is 678 g/mol. The Balaban J connectivity index is 1.65. The number of carbonyl (C=O) groups excluding carboxylic acids is 3. The van der Waals surface area contributed by atoms with E-state index in [1.165, 1.54) is 30.3 Å². The molecule has 218 valence electrons. The topological polar surface area (TPSA) is 127 Å². The predicted molar refractivity (Wildman–Crippen MR) is 155 cm³/mol. The van der Waals surface area contributed by atoms with Gasteiger partial charge in [-0.1, -0.05) is 24.3 Å². The van der Waals surface area contributed by atoms with Gasteiger partial charge in [0.05, 0.1) is 23.3 Å². The third kappa shape index (κ3) is 6.12. The molecule has 3 amide bonds. The van der Waals surface area contributed by atoms with Crippen LogP contribution in [-0.2, 0) is 14.3 Å². The number of alkyl halides is 2. The summed E-state index contributed by atoms with van der Waals surface area (Å²) >= 11 is 1.96. The number of nitrogens with zero attached hydrogens (tertiary/aromatic N) is 4. The molecule has 1 aliphatic heterocycles. The van der Waals surface area contributed by atoms with Crippen LogP contribution in [0.5, 0.6) is 0 Å². The molecule has 5 rings (SSSR count). The van der Waals surface area contributed by atoms with Crippen molar-refractivity contribution in [2.75, 3.05) is 16.4 Å². The zero-order chi connectivity index (χ0) is 30.9. The Morgan fingerprint density at radius 1 is 1.05 bits per heavy atom. The first-order valence-electron chi connectivity index (χ1n) is 12.9. The van der Waals surface area contributed by atoms with Crippen LogP contribution in [0.4, 0.5) is 29.3 Å². The van der Waals surface area contributed by atoms with E-state index >= 15 is 0 Å². The summed E-state index contributed by atoms with van der Waals surface area (Å²) in [6.07, 6.45) is -2.06. The summed E-state index contributed by atoms with van der Waals surface area (Å²) in [6.45, 7) is -0.444. The van der Waals surface area contributed by atoms with E-state index in [1.807, 2.05) is 34.7 Å². The first-order chi connectivity index (χ1) is 20.5. The lowest BCUT2D eigenvalue weighted by Crippen LogP contribution is -2.56. The molecule has 1 N–H and O–H groups in total. The standard InChI is InChI=1S/C30H21F3IN5O4/c31-19-8-18(15-36)10-22(11-19)39(28(41)25-16-43-29(42)38(25)21-5-3-4-17(9-21)14-35)26(23-6-1-2-7-24(23)34)27(40)37-20-12-30(32,33)13-20/h1-11,20,25-26H,12-13,16H2,(H,37,40)/t25-,26-/m0/s1. The molecule has 3 aromatic carbocycles. The van der Waals surface area contributed by atoms with Gasteiger partial charge in [-0.2, -0.15) is 10.5 Å². The van der Waals surface area contributed by atoms with E-state index in [9.17, 15) is 38.1 Å². The highest BCUT2D eigenvalue weighted by atomic mass is 127. The van der Waals surface area contributed by atoms with Crippen molar-refractivity contribution in [3.63, 3.8) is 0 Å². The van der Waals surface area contributed by atoms with E-state index in [0.717, 1.165) is 21.9 Å². The minimum atomic E-state index is -2.94. The van der Waals surface area contributed by atoms with Crippen molar-refractivity contribution in [2.45, 2.75) is 36.9 Å². The van der Waals surface area contributed by atoms with Crippen molar-refractivity contribution < 1.29 is 32.3 Å². The Morgan fingerprint density at radius 2 is 1.77 bits per heavy atom. The van der Waals surface area contributed by atoms with E-state index in [-0.39, 0.29) is 22.5 Å². The molecule has 0 bridgehead atoms. The van der Waals surface area contributed by atoms with E-state index in [1.54, 1.807) is 24.3 Å². The molecule has 2 fully saturated rings. The SMILES string of the molecule is N#Cc1cc(F)cc(N(C(=O)[C@@H]2COC(=O)N2c2cccc(C#N)c2)[C@H](C(=O)NC2CC(F)(F)C2)c2ccccc2I)c1. The number of nitriles is 2. The van der Waals surface area contributed by atoms with Crippen LogP contribution in [-0.4, -0.2) is 42.5 Å². The number of hydrogen-bond donors (Lipinski definition) is 1. The minimum absolute atomic E-state index is 0.148. The Labute approximate surface area is 257 Å². The molecule has 3 aromatic rings. The van der Waals surface area contributed by atoms with Gasteiger partial charge in [0.1, 0.15) is 18.5 Å². The molecule has 0 radical (unpaired) electrons. The maximum atomic E-state index is 14.8. The largest absolute Gasteiger partial charge is 0.446 e. The maximum Gasteiger partial charge on any atom is 0.415 e.